The lowest BCUT2D eigenvalue weighted by Crippen LogP contribution is -1.97. The predicted octanol–water partition coefficient (Wildman–Crippen LogP) is 3.93. The average molecular weight is 306 g/mol. The van der Waals surface area contributed by atoms with Crippen LogP contribution in [0.1, 0.15) is 41.3 Å². The molecule has 2 aromatic rings. The molecule has 3 aliphatic rings. The van der Waals surface area contributed by atoms with Gasteiger partial charge in [-0.3, -0.25) is 9.83 Å². The summed E-state index contributed by atoms with van der Waals surface area (Å²) in [4.78, 5) is 9.70. The molecule has 0 bridgehead atoms. The van der Waals surface area contributed by atoms with E-state index in [0.29, 0.717) is 0 Å². The minimum atomic E-state index is 0.281. The second-order valence-corrected chi connectivity index (χ2v) is 6.24. The Kier molecular flexibility index (Phi) is 4.22. The monoisotopic (exact) mass is 306 g/mol. The van der Waals surface area contributed by atoms with E-state index in [1.165, 1.54) is 47.9 Å². The molecular formula is C20H22N2O. The Balaban J connectivity index is 0.000000118. The Morgan fingerprint density at radius 1 is 0.913 bits per heavy atom. The SMILES string of the molecule is C1=NCCCc2ccccc21.c1ccc2c(c1)CCCN1OC21. The van der Waals surface area contributed by atoms with Gasteiger partial charge in [0.2, 0.25) is 0 Å². The summed E-state index contributed by atoms with van der Waals surface area (Å²) in [7, 11) is 0. The van der Waals surface area contributed by atoms with E-state index in [-0.39, 0.29) is 6.23 Å². The minimum Gasteiger partial charge on any atom is -0.293 e. The smallest absolute Gasteiger partial charge is 0.180 e. The van der Waals surface area contributed by atoms with Crippen LogP contribution in [0.3, 0.4) is 0 Å². The molecule has 0 radical (unpaired) electrons. The lowest BCUT2D eigenvalue weighted by molar-refractivity contribution is 0.195. The van der Waals surface area contributed by atoms with Gasteiger partial charge < -0.3 is 0 Å². The van der Waals surface area contributed by atoms with Crippen LogP contribution in [0, 0.1) is 0 Å². The van der Waals surface area contributed by atoms with Crippen molar-refractivity contribution in [1.29, 1.82) is 0 Å². The van der Waals surface area contributed by atoms with Crippen molar-refractivity contribution in [2.45, 2.75) is 31.9 Å². The molecule has 3 nitrogen and oxygen atoms in total. The molecule has 0 amide bonds. The molecule has 0 spiro atoms. The first-order valence-corrected chi connectivity index (χ1v) is 8.51. The van der Waals surface area contributed by atoms with Crippen molar-refractivity contribution in [2.24, 2.45) is 4.99 Å². The lowest BCUT2D eigenvalue weighted by Gasteiger charge is -2.01. The number of fused-ring (bicyclic) bond motifs is 4. The first kappa shape index (κ1) is 14.6. The van der Waals surface area contributed by atoms with E-state index in [9.17, 15) is 0 Å². The van der Waals surface area contributed by atoms with Gasteiger partial charge in [0.1, 0.15) is 0 Å². The zero-order valence-corrected chi connectivity index (χ0v) is 13.3. The molecule has 2 unspecified atom stereocenters. The van der Waals surface area contributed by atoms with Crippen LogP contribution in [-0.4, -0.2) is 24.4 Å². The van der Waals surface area contributed by atoms with Crippen LogP contribution >= 0.6 is 0 Å². The maximum Gasteiger partial charge on any atom is 0.180 e. The molecule has 23 heavy (non-hydrogen) atoms. The molecule has 3 heterocycles. The summed E-state index contributed by atoms with van der Waals surface area (Å²) >= 11 is 0. The van der Waals surface area contributed by atoms with Gasteiger partial charge in [0.25, 0.3) is 0 Å². The van der Waals surface area contributed by atoms with Crippen molar-refractivity contribution in [2.75, 3.05) is 13.1 Å². The Bertz CT molecular complexity index is 710. The third-order valence-electron chi connectivity index (χ3n) is 4.62. The third kappa shape index (κ3) is 3.36. The zero-order chi connectivity index (χ0) is 15.5. The van der Waals surface area contributed by atoms with Crippen LogP contribution in [0.15, 0.2) is 53.5 Å². The molecule has 5 rings (SSSR count). The second-order valence-electron chi connectivity index (χ2n) is 6.24. The maximum atomic E-state index is 5.42. The Morgan fingerprint density at radius 3 is 2.65 bits per heavy atom. The molecular weight excluding hydrogens is 284 g/mol. The van der Waals surface area contributed by atoms with Gasteiger partial charge >= 0.3 is 0 Å². The second kappa shape index (κ2) is 6.65. The van der Waals surface area contributed by atoms with E-state index in [4.69, 9.17) is 4.84 Å². The summed E-state index contributed by atoms with van der Waals surface area (Å²) < 4.78 is 0. The molecule has 2 aromatic carbocycles. The Labute approximate surface area is 137 Å². The van der Waals surface area contributed by atoms with Crippen molar-refractivity contribution in [3.63, 3.8) is 0 Å². The van der Waals surface area contributed by atoms with Crippen molar-refractivity contribution >= 4 is 6.21 Å². The highest BCUT2D eigenvalue weighted by Crippen LogP contribution is 2.40. The minimum absolute atomic E-state index is 0.281. The first-order chi connectivity index (χ1) is 11.4. The van der Waals surface area contributed by atoms with Crippen molar-refractivity contribution in [3.05, 3.63) is 70.8 Å². The van der Waals surface area contributed by atoms with Crippen LogP contribution < -0.4 is 0 Å². The van der Waals surface area contributed by atoms with Gasteiger partial charge in [0, 0.05) is 24.9 Å². The molecule has 0 aliphatic carbocycles. The van der Waals surface area contributed by atoms with E-state index in [1.807, 2.05) is 6.21 Å². The average Bonchev–Trinajstić information content (AvgIpc) is 3.39. The Morgan fingerprint density at radius 2 is 1.70 bits per heavy atom. The lowest BCUT2D eigenvalue weighted by atomic mass is 10.0. The fraction of sp³-hybridized carbons (Fsp3) is 0.350. The number of nitrogens with zero attached hydrogens (tertiary/aromatic N) is 2. The first-order valence-electron chi connectivity index (χ1n) is 8.51. The van der Waals surface area contributed by atoms with E-state index in [0.717, 1.165) is 13.1 Å². The highest BCUT2D eigenvalue weighted by Gasteiger charge is 2.40. The van der Waals surface area contributed by atoms with Gasteiger partial charge in [-0.05, 0) is 42.4 Å². The number of aryl methyl sites for hydroxylation is 2. The van der Waals surface area contributed by atoms with Crippen LogP contribution in [0.4, 0.5) is 0 Å². The molecule has 3 heteroatoms. The van der Waals surface area contributed by atoms with E-state index >= 15 is 0 Å². The standard InChI is InChI=1S/C10H11NO.C10H11N/c1-2-6-9-8(4-1)5-3-7-11-10(9)12-11;1-2-5-10-8-11-7-3-6-9(10)4-1/h1-2,4,6,10H,3,5,7H2;1-2,4-5,8H,3,6-7H2. The van der Waals surface area contributed by atoms with Crippen molar-refractivity contribution < 1.29 is 4.84 Å². The van der Waals surface area contributed by atoms with Crippen LogP contribution in [0.5, 0.6) is 0 Å². The van der Waals surface area contributed by atoms with Gasteiger partial charge in [0.15, 0.2) is 6.23 Å². The van der Waals surface area contributed by atoms with Gasteiger partial charge in [-0.2, -0.15) is 5.06 Å². The molecule has 0 aromatic heterocycles. The van der Waals surface area contributed by atoms with Gasteiger partial charge in [0.05, 0.1) is 0 Å². The van der Waals surface area contributed by atoms with Gasteiger partial charge in [-0.1, -0.05) is 48.5 Å². The number of hydrogen-bond donors (Lipinski definition) is 0. The topological polar surface area (TPSA) is 27.9 Å². The van der Waals surface area contributed by atoms with Gasteiger partial charge in [-0.25, -0.2) is 0 Å². The van der Waals surface area contributed by atoms with E-state index < -0.39 is 0 Å². The third-order valence-corrected chi connectivity index (χ3v) is 4.62. The summed E-state index contributed by atoms with van der Waals surface area (Å²) in [5, 5.41) is 2.06. The normalized spacial score (nSPS) is 24.0. The highest BCUT2D eigenvalue weighted by atomic mass is 16.8. The molecule has 3 aliphatic heterocycles. The fourth-order valence-corrected chi connectivity index (χ4v) is 3.32. The number of hydrogen-bond acceptors (Lipinski definition) is 3. The summed E-state index contributed by atoms with van der Waals surface area (Å²) in [5.74, 6) is 0. The fourth-order valence-electron chi connectivity index (χ4n) is 3.32. The van der Waals surface area contributed by atoms with Crippen LogP contribution in [-0.2, 0) is 17.7 Å². The van der Waals surface area contributed by atoms with Crippen molar-refractivity contribution in [3.8, 4) is 0 Å². The van der Waals surface area contributed by atoms with Gasteiger partial charge in [-0.15, -0.1) is 0 Å². The molecule has 0 saturated carbocycles. The Hall–Kier alpha value is -1.97. The largest absolute Gasteiger partial charge is 0.293 e. The number of hydroxylamine groups is 2. The number of benzene rings is 2. The van der Waals surface area contributed by atoms with E-state index in [1.54, 1.807) is 0 Å². The molecule has 118 valence electrons. The summed E-state index contributed by atoms with van der Waals surface area (Å²) in [5.41, 5.74) is 5.57. The molecule has 1 fully saturated rings. The van der Waals surface area contributed by atoms with Crippen LogP contribution in [0.25, 0.3) is 0 Å². The van der Waals surface area contributed by atoms with E-state index in [2.05, 4.69) is 58.6 Å². The number of rotatable bonds is 0. The highest BCUT2D eigenvalue weighted by molar-refractivity contribution is 5.82. The zero-order valence-electron chi connectivity index (χ0n) is 13.3. The van der Waals surface area contributed by atoms with Crippen molar-refractivity contribution in [1.82, 2.24) is 5.06 Å². The summed E-state index contributed by atoms with van der Waals surface area (Å²) in [6.07, 6.45) is 7.05. The molecule has 1 saturated heterocycles. The number of aliphatic imine (C=N–C) groups is 1. The predicted molar refractivity (Wildman–Crippen MR) is 92.5 cm³/mol. The quantitative estimate of drug-likeness (QED) is 0.690. The maximum absolute atomic E-state index is 5.42. The molecule has 2 atom stereocenters. The molecule has 0 N–H and O–H groups in total. The van der Waals surface area contributed by atoms with Crippen LogP contribution in [0.2, 0.25) is 0 Å². The summed E-state index contributed by atoms with van der Waals surface area (Å²) in [6.45, 7) is 2.06. The summed E-state index contributed by atoms with van der Waals surface area (Å²) in [6, 6.07) is 17.1.